The van der Waals surface area contributed by atoms with E-state index in [1.54, 1.807) is 10.9 Å². The molecule has 3 rings (SSSR count). The molecule has 2 aromatic rings. The molecule has 0 saturated carbocycles. The molecule has 3 heterocycles. The van der Waals surface area contributed by atoms with Crippen molar-refractivity contribution < 1.29 is 9.84 Å². The van der Waals surface area contributed by atoms with Crippen molar-refractivity contribution in [3.8, 4) is 0 Å². The summed E-state index contributed by atoms with van der Waals surface area (Å²) in [4.78, 5) is 12.2. The fraction of sp³-hybridized carbons (Fsp3) is 0.500. The number of nitrogens with two attached hydrogens (primary N) is 2. The van der Waals surface area contributed by atoms with Crippen LogP contribution in [0.5, 0.6) is 0 Å². The normalized spacial score (nSPS) is 28.0. The van der Waals surface area contributed by atoms with Gasteiger partial charge in [0.15, 0.2) is 11.5 Å². The Labute approximate surface area is 103 Å². The average molecular weight is 250 g/mol. The Morgan fingerprint density at radius 3 is 3.06 bits per heavy atom. The minimum Gasteiger partial charge on any atom is -0.396 e. The third kappa shape index (κ3) is 1.54. The van der Waals surface area contributed by atoms with E-state index in [4.69, 9.17) is 16.2 Å². The summed E-state index contributed by atoms with van der Waals surface area (Å²) in [7, 11) is 0. The number of ether oxygens (including phenoxy) is 1. The molecule has 8 heteroatoms. The lowest BCUT2D eigenvalue weighted by Crippen LogP contribution is -2.33. The maximum Gasteiger partial charge on any atom is 0.167 e. The van der Waals surface area contributed by atoms with E-state index in [0.29, 0.717) is 23.6 Å². The van der Waals surface area contributed by atoms with Gasteiger partial charge in [0.1, 0.15) is 18.1 Å². The number of aliphatic hydroxyl groups is 1. The van der Waals surface area contributed by atoms with Crippen LogP contribution in [0.15, 0.2) is 12.7 Å². The fourth-order valence-corrected chi connectivity index (χ4v) is 2.24. The number of fused-ring (bicyclic) bond motifs is 1. The van der Waals surface area contributed by atoms with Crippen molar-refractivity contribution in [2.45, 2.75) is 12.3 Å². The van der Waals surface area contributed by atoms with Crippen LogP contribution in [0.2, 0.25) is 0 Å². The van der Waals surface area contributed by atoms with Gasteiger partial charge in [-0.3, -0.25) is 4.57 Å². The topological polar surface area (TPSA) is 125 Å². The molecule has 2 aromatic heterocycles. The first-order valence-electron chi connectivity index (χ1n) is 5.63. The molecule has 0 amide bonds. The van der Waals surface area contributed by atoms with Crippen LogP contribution >= 0.6 is 0 Å². The lowest BCUT2D eigenvalue weighted by Gasteiger charge is -2.19. The monoisotopic (exact) mass is 250 g/mol. The van der Waals surface area contributed by atoms with E-state index in [2.05, 4.69) is 15.0 Å². The molecule has 1 unspecified atom stereocenters. The number of aromatic nitrogens is 4. The van der Waals surface area contributed by atoms with Crippen LogP contribution in [0.1, 0.15) is 6.23 Å². The second-order valence-corrected chi connectivity index (χ2v) is 4.32. The van der Waals surface area contributed by atoms with Crippen molar-refractivity contribution in [2.24, 2.45) is 11.7 Å². The van der Waals surface area contributed by atoms with Crippen LogP contribution in [0.25, 0.3) is 11.2 Å². The minimum absolute atomic E-state index is 0.0495. The molecule has 18 heavy (non-hydrogen) atoms. The van der Waals surface area contributed by atoms with Crippen molar-refractivity contribution in [3.63, 3.8) is 0 Å². The second kappa shape index (κ2) is 4.16. The summed E-state index contributed by atoms with van der Waals surface area (Å²) >= 11 is 0. The van der Waals surface area contributed by atoms with Gasteiger partial charge in [-0.25, -0.2) is 15.0 Å². The van der Waals surface area contributed by atoms with Gasteiger partial charge >= 0.3 is 0 Å². The van der Waals surface area contributed by atoms with Crippen LogP contribution in [-0.4, -0.2) is 43.9 Å². The highest BCUT2D eigenvalue weighted by Gasteiger charge is 2.36. The van der Waals surface area contributed by atoms with Gasteiger partial charge in [0.05, 0.1) is 19.5 Å². The number of aliphatic hydroxyl groups excluding tert-OH is 1. The Morgan fingerprint density at radius 2 is 2.28 bits per heavy atom. The SMILES string of the molecule is Nc1ncnc2c1ncn2[C@H]1OCC(N)[C@H]1CO. The predicted molar refractivity (Wildman–Crippen MR) is 63.3 cm³/mol. The van der Waals surface area contributed by atoms with Crippen LogP contribution in [0, 0.1) is 5.92 Å². The molecular formula is C10H14N6O2. The second-order valence-electron chi connectivity index (χ2n) is 4.32. The van der Waals surface area contributed by atoms with Crippen LogP contribution < -0.4 is 11.5 Å². The van der Waals surface area contributed by atoms with Crippen LogP contribution in [-0.2, 0) is 4.74 Å². The van der Waals surface area contributed by atoms with E-state index in [-0.39, 0.29) is 24.8 Å². The molecular weight excluding hydrogens is 236 g/mol. The maximum atomic E-state index is 9.38. The molecule has 8 nitrogen and oxygen atoms in total. The predicted octanol–water partition coefficient (Wildman–Crippen LogP) is -1.13. The third-order valence-electron chi connectivity index (χ3n) is 3.25. The molecule has 5 N–H and O–H groups in total. The lowest BCUT2D eigenvalue weighted by atomic mass is 10.0. The summed E-state index contributed by atoms with van der Waals surface area (Å²) in [6.45, 7) is 0.349. The molecule has 3 atom stereocenters. The molecule has 0 spiro atoms. The largest absolute Gasteiger partial charge is 0.396 e. The highest BCUT2D eigenvalue weighted by Crippen LogP contribution is 2.31. The van der Waals surface area contributed by atoms with E-state index in [1.807, 2.05) is 0 Å². The first-order valence-corrected chi connectivity index (χ1v) is 5.63. The van der Waals surface area contributed by atoms with E-state index in [1.165, 1.54) is 6.33 Å². The molecule has 0 bridgehead atoms. The standard InChI is InChI=1S/C10H14N6O2/c11-6-2-18-10(5(6)1-17)16-4-15-7-8(12)13-3-14-9(7)16/h3-6,10,17H,1-2,11H2,(H2,12,13,14)/t5-,6?,10+/m1/s1. The van der Waals surface area contributed by atoms with Gasteiger partial charge < -0.3 is 21.3 Å². The molecule has 96 valence electrons. The average Bonchev–Trinajstić information content (AvgIpc) is 2.93. The number of anilines is 1. The van der Waals surface area contributed by atoms with E-state index < -0.39 is 0 Å². The number of nitrogen functional groups attached to an aromatic ring is 1. The minimum atomic E-state index is -0.371. The summed E-state index contributed by atoms with van der Waals surface area (Å²) in [6.07, 6.45) is 2.59. The zero-order valence-corrected chi connectivity index (χ0v) is 9.60. The summed E-state index contributed by atoms with van der Waals surface area (Å²) in [5.41, 5.74) is 12.7. The van der Waals surface area contributed by atoms with Crippen molar-refractivity contribution >= 4 is 17.0 Å². The first kappa shape index (κ1) is 11.3. The highest BCUT2D eigenvalue weighted by molar-refractivity contribution is 5.81. The first-order chi connectivity index (χ1) is 8.72. The zero-order chi connectivity index (χ0) is 12.7. The van der Waals surface area contributed by atoms with Gasteiger partial charge in [0.25, 0.3) is 0 Å². The van der Waals surface area contributed by atoms with Gasteiger partial charge in [-0.2, -0.15) is 0 Å². The summed E-state index contributed by atoms with van der Waals surface area (Å²) in [5, 5.41) is 9.38. The van der Waals surface area contributed by atoms with Gasteiger partial charge in [0.2, 0.25) is 0 Å². The number of nitrogens with zero attached hydrogens (tertiary/aromatic N) is 4. The smallest absolute Gasteiger partial charge is 0.167 e. The Hall–Kier alpha value is -1.77. The van der Waals surface area contributed by atoms with Gasteiger partial charge in [-0.1, -0.05) is 0 Å². The number of imidazole rings is 1. The Bertz CT molecular complexity index is 570. The third-order valence-corrected chi connectivity index (χ3v) is 3.25. The molecule has 1 aliphatic rings. The Morgan fingerprint density at radius 1 is 1.44 bits per heavy atom. The lowest BCUT2D eigenvalue weighted by molar-refractivity contribution is 0.0203. The van der Waals surface area contributed by atoms with Gasteiger partial charge in [-0.15, -0.1) is 0 Å². The van der Waals surface area contributed by atoms with Crippen molar-refractivity contribution in [1.82, 2.24) is 19.5 Å². The van der Waals surface area contributed by atoms with E-state index in [9.17, 15) is 5.11 Å². The molecule has 1 saturated heterocycles. The van der Waals surface area contributed by atoms with Gasteiger partial charge in [-0.05, 0) is 0 Å². The molecule has 1 aliphatic heterocycles. The Kier molecular flexibility index (Phi) is 2.62. The molecule has 0 aromatic carbocycles. The maximum absolute atomic E-state index is 9.38. The van der Waals surface area contributed by atoms with Crippen molar-refractivity contribution in [1.29, 1.82) is 0 Å². The summed E-state index contributed by atoms with van der Waals surface area (Å²) < 4.78 is 7.34. The Balaban J connectivity index is 2.07. The number of hydrogen-bond acceptors (Lipinski definition) is 7. The van der Waals surface area contributed by atoms with E-state index >= 15 is 0 Å². The highest BCUT2D eigenvalue weighted by atomic mass is 16.5. The fourth-order valence-electron chi connectivity index (χ4n) is 2.24. The summed E-state index contributed by atoms with van der Waals surface area (Å²) in [6, 6.07) is -0.198. The van der Waals surface area contributed by atoms with Gasteiger partial charge in [0, 0.05) is 12.0 Å². The van der Waals surface area contributed by atoms with Crippen molar-refractivity contribution in [3.05, 3.63) is 12.7 Å². The molecule has 1 fully saturated rings. The molecule has 0 aliphatic carbocycles. The quantitative estimate of drug-likeness (QED) is 0.616. The van der Waals surface area contributed by atoms with Crippen molar-refractivity contribution in [2.75, 3.05) is 18.9 Å². The summed E-state index contributed by atoms with van der Waals surface area (Å²) in [5.74, 6) is 0.139. The van der Waals surface area contributed by atoms with Crippen LogP contribution in [0.3, 0.4) is 0 Å². The number of hydrogen-bond donors (Lipinski definition) is 3. The van der Waals surface area contributed by atoms with E-state index in [0.717, 1.165) is 0 Å². The molecule has 0 radical (unpaired) electrons. The van der Waals surface area contributed by atoms with Crippen LogP contribution in [0.4, 0.5) is 5.82 Å². The number of rotatable bonds is 2. The zero-order valence-electron chi connectivity index (χ0n) is 9.60.